The Morgan fingerprint density at radius 1 is 1.30 bits per heavy atom. The first-order valence-corrected chi connectivity index (χ1v) is 9.61. The highest BCUT2D eigenvalue weighted by Crippen LogP contribution is 2.25. The normalized spacial score (nSPS) is 14.8. The minimum atomic E-state index is -3.57. The lowest BCUT2D eigenvalue weighted by molar-refractivity contribution is 0.102. The molecule has 27 heavy (non-hydrogen) atoms. The molecule has 8 nitrogen and oxygen atoms in total. The molecular formula is C17H20FN5O3S. The van der Waals surface area contributed by atoms with Gasteiger partial charge in [0.25, 0.3) is 16.1 Å². The smallest absolute Gasteiger partial charge is 0.281 e. The van der Waals surface area contributed by atoms with Crippen molar-refractivity contribution in [2.24, 2.45) is 0 Å². The molecule has 0 spiro atoms. The van der Waals surface area contributed by atoms with Gasteiger partial charge in [0, 0.05) is 45.0 Å². The first kappa shape index (κ1) is 19.2. The van der Waals surface area contributed by atoms with Crippen LogP contribution in [-0.2, 0) is 23.2 Å². The van der Waals surface area contributed by atoms with E-state index in [1.54, 1.807) is 6.07 Å². The van der Waals surface area contributed by atoms with Gasteiger partial charge in [-0.1, -0.05) is 0 Å². The number of pyridine rings is 1. The van der Waals surface area contributed by atoms with Crippen molar-refractivity contribution in [1.82, 2.24) is 13.6 Å². The Bertz CT molecular complexity index is 977. The molecule has 0 bridgehead atoms. The number of halogens is 1. The number of carbonyl (C=O) groups is 1. The van der Waals surface area contributed by atoms with Gasteiger partial charge in [-0.3, -0.25) is 4.79 Å². The van der Waals surface area contributed by atoms with Gasteiger partial charge in [-0.25, -0.2) is 9.37 Å². The molecule has 0 unspecified atom stereocenters. The van der Waals surface area contributed by atoms with Crippen LogP contribution in [0.4, 0.5) is 15.9 Å². The number of nitrogen functional groups attached to an aromatic ring is 1. The summed E-state index contributed by atoms with van der Waals surface area (Å²) in [5.41, 5.74) is 7.78. The van der Waals surface area contributed by atoms with E-state index >= 15 is 0 Å². The highest BCUT2D eigenvalue weighted by atomic mass is 32.2. The average Bonchev–Trinajstić information content (AvgIpc) is 2.62. The number of nitrogens with two attached hydrogens (primary N) is 1. The van der Waals surface area contributed by atoms with Crippen molar-refractivity contribution in [3.8, 4) is 0 Å². The molecular weight excluding hydrogens is 373 g/mol. The molecule has 0 fully saturated rings. The molecule has 1 aliphatic rings. The van der Waals surface area contributed by atoms with E-state index in [-0.39, 0.29) is 17.9 Å². The number of benzene rings is 1. The van der Waals surface area contributed by atoms with Crippen LogP contribution in [0.3, 0.4) is 0 Å². The second-order valence-electron chi connectivity index (χ2n) is 6.36. The van der Waals surface area contributed by atoms with Gasteiger partial charge >= 0.3 is 0 Å². The summed E-state index contributed by atoms with van der Waals surface area (Å²) in [4.78, 5) is 16.8. The molecule has 3 N–H and O–H groups in total. The van der Waals surface area contributed by atoms with Crippen molar-refractivity contribution in [3.63, 3.8) is 0 Å². The zero-order chi connectivity index (χ0) is 19.8. The fraction of sp³-hybridized carbons (Fsp3) is 0.294. The van der Waals surface area contributed by atoms with E-state index in [1.807, 2.05) is 0 Å². The third-order valence-corrected chi connectivity index (χ3v) is 6.19. The molecule has 0 saturated heterocycles. The molecule has 2 heterocycles. The number of nitrogens with zero attached hydrogens (tertiary/aromatic N) is 3. The second-order valence-corrected chi connectivity index (χ2v) is 8.50. The van der Waals surface area contributed by atoms with Crippen LogP contribution in [0.5, 0.6) is 0 Å². The predicted octanol–water partition coefficient (Wildman–Crippen LogP) is 1.22. The molecule has 0 atom stereocenters. The summed E-state index contributed by atoms with van der Waals surface area (Å²) in [7, 11) is -0.635. The zero-order valence-electron chi connectivity index (χ0n) is 14.9. The van der Waals surface area contributed by atoms with Crippen molar-refractivity contribution in [3.05, 3.63) is 53.0 Å². The number of aromatic nitrogens is 1. The van der Waals surface area contributed by atoms with Crippen LogP contribution < -0.4 is 11.1 Å². The molecule has 1 aromatic carbocycles. The van der Waals surface area contributed by atoms with Gasteiger partial charge in [0.1, 0.15) is 11.6 Å². The lowest BCUT2D eigenvalue weighted by atomic mass is 10.0. The van der Waals surface area contributed by atoms with Gasteiger partial charge in [-0.2, -0.15) is 17.0 Å². The molecule has 1 amide bonds. The van der Waals surface area contributed by atoms with Crippen molar-refractivity contribution in [1.29, 1.82) is 0 Å². The lowest BCUT2D eigenvalue weighted by Gasteiger charge is -2.30. The number of anilines is 2. The zero-order valence-corrected chi connectivity index (χ0v) is 15.8. The molecule has 10 heteroatoms. The summed E-state index contributed by atoms with van der Waals surface area (Å²) in [6, 6.07) is 6.89. The first-order chi connectivity index (χ1) is 12.7. The summed E-state index contributed by atoms with van der Waals surface area (Å²) in [5.74, 6) is -0.843. The number of rotatable bonds is 4. The standard InChI is InChI=1S/C17H20FN5O3S/c1-22(2)27(25,26)23-8-7-15-11(10-23)9-14(16(19)21-15)17(24)20-13-5-3-12(18)4-6-13/h3-6,9H,7-8,10H2,1-2H3,(H2,19,21)(H,20,24). The molecule has 1 aliphatic heterocycles. The van der Waals surface area contributed by atoms with E-state index in [0.717, 1.165) is 4.31 Å². The van der Waals surface area contributed by atoms with Gasteiger partial charge < -0.3 is 11.1 Å². The average molecular weight is 393 g/mol. The van der Waals surface area contributed by atoms with Gasteiger partial charge in [0.2, 0.25) is 0 Å². The largest absolute Gasteiger partial charge is 0.383 e. The van der Waals surface area contributed by atoms with Crippen molar-refractivity contribution < 1.29 is 17.6 Å². The molecule has 0 saturated carbocycles. The second kappa shape index (κ2) is 7.22. The maximum atomic E-state index is 13.0. The Kier molecular flexibility index (Phi) is 5.13. The quantitative estimate of drug-likeness (QED) is 0.812. The van der Waals surface area contributed by atoms with Crippen molar-refractivity contribution in [2.45, 2.75) is 13.0 Å². The number of amides is 1. The summed E-state index contributed by atoms with van der Waals surface area (Å²) < 4.78 is 40.2. The molecule has 144 valence electrons. The van der Waals surface area contributed by atoms with Gasteiger partial charge in [0.05, 0.1) is 5.56 Å². The summed E-state index contributed by atoms with van der Waals surface area (Å²) in [6.07, 6.45) is 0.409. The van der Waals surface area contributed by atoms with Crippen LogP contribution >= 0.6 is 0 Å². The van der Waals surface area contributed by atoms with Crippen LogP contribution in [0.2, 0.25) is 0 Å². The summed E-state index contributed by atoms with van der Waals surface area (Å²) in [6.45, 7) is 0.404. The SMILES string of the molecule is CN(C)S(=O)(=O)N1CCc2nc(N)c(C(=O)Nc3ccc(F)cc3)cc2C1. The maximum Gasteiger partial charge on any atom is 0.281 e. The van der Waals surface area contributed by atoms with Crippen molar-refractivity contribution >= 4 is 27.6 Å². The Balaban J connectivity index is 1.87. The topological polar surface area (TPSA) is 109 Å². The van der Waals surface area contributed by atoms with E-state index in [2.05, 4.69) is 10.3 Å². The third kappa shape index (κ3) is 3.92. The van der Waals surface area contributed by atoms with Gasteiger partial charge in [0.15, 0.2) is 0 Å². The van der Waals surface area contributed by atoms with E-state index in [1.165, 1.54) is 42.7 Å². The minimum absolute atomic E-state index is 0.0669. The first-order valence-electron chi connectivity index (χ1n) is 8.21. The highest BCUT2D eigenvalue weighted by molar-refractivity contribution is 7.86. The lowest BCUT2D eigenvalue weighted by Crippen LogP contribution is -2.43. The number of carbonyl (C=O) groups excluding carboxylic acids is 1. The number of nitrogens with one attached hydrogen (secondary N) is 1. The fourth-order valence-corrected chi connectivity index (χ4v) is 3.89. The Morgan fingerprint density at radius 2 is 1.96 bits per heavy atom. The Hall–Kier alpha value is -2.56. The fourth-order valence-electron chi connectivity index (χ4n) is 2.80. The van der Waals surface area contributed by atoms with E-state index < -0.39 is 21.9 Å². The summed E-state index contributed by atoms with van der Waals surface area (Å²) >= 11 is 0. The van der Waals surface area contributed by atoms with Crippen LogP contribution in [-0.4, -0.2) is 48.6 Å². The van der Waals surface area contributed by atoms with Gasteiger partial charge in [-0.05, 0) is 35.9 Å². The van der Waals surface area contributed by atoms with Gasteiger partial charge in [-0.15, -0.1) is 0 Å². The number of fused-ring (bicyclic) bond motifs is 1. The Labute approximate surface area is 157 Å². The summed E-state index contributed by atoms with van der Waals surface area (Å²) in [5, 5.41) is 2.63. The van der Waals surface area contributed by atoms with E-state index in [9.17, 15) is 17.6 Å². The van der Waals surface area contributed by atoms with Crippen LogP contribution in [0.25, 0.3) is 0 Å². The van der Waals surface area contributed by atoms with Crippen LogP contribution in [0.15, 0.2) is 30.3 Å². The minimum Gasteiger partial charge on any atom is -0.383 e. The van der Waals surface area contributed by atoms with Crippen LogP contribution in [0, 0.1) is 5.82 Å². The highest BCUT2D eigenvalue weighted by Gasteiger charge is 2.30. The third-order valence-electron chi connectivity index (χ3n) is 4.30. The monoisotopic (exact) mass is 393 g/mol. The van der Waals surface area contributed by atoms with Crippen molar-refractivity contribution in [2.75, 3.05) is 31.7 Å². The molecule has 1 aromatic heterocycles. The molecule has 3 rings (SSSR count). The van der Waals surface area contributed by atoms with Crippen LogP contribution in [0.1, 0.15) is 21.6 Å². The molecule has 0 aliphatic carbocycles. The molecule has 2 aromatic rings. The number of hydrogen-bond donors (Lipinski definition) is 2. The number of hydrogen-bond acceptors (Lipinski definition) is 5. The van der Waals surface area contributed by atoms with E-state index in [0.29, 0.717) is 29.9 Å². The Morgan fingerprint density at radius 3 is 2.59 bits per heavy atom. The predicted molar refractivity (Wildman–Crippen MR) is 99.7 cm³/mol. The molecule has 0 radical (unpaired) electrons. The van der Waals surface area contributed by atoms with E-state index in [4.69, 9.17) is 5.73 Å². The maximum absolute atomic E-state index is 13.0.